The Bertz CT molecular complexity index is 639. The van der Waals surface area contributed by atoms with Crippen LogP contribution in [0, 0.1) is 12.8 Å². The number of aromatic nitrogens is 1. The number of pyridine rings is 1. The fourth-order valence-electron chi connectivity index (χ4n) is 3.24. The number of carbonyl (C=O) groups is 3. The molecule has 1 atom stereocenters. The summed E-state index contributed by atoms with van der Waals surface area (Å²) >= 11 is 0. The van der Waals surface area contributed by atoms with Crippen LogP contribution in [0.1, 0.15) is 65.1 Å². The van der Waals surface area contributed by atoms with E-state index in [0.29, 0.717) is 0 Å². The van der Waals surface area contributed by atoms with Crippen molar-refractivity contribution in [1.82, 2.24) is 10.3 Å². The average molecular weight is 333 g/mol. The van der Waals surface area contributed by atoms with Gasteiger partial charge >= 0.3 is 5.97 Å². The highest BCUT2D eigenvalue weighted by atomic mass is 16.4. The van der Waals surface area contributed by atoms with Crippen LogP contribution in [0.25, 0.3) is 0 Å². The maximum atomic E-state index is 12.4. The number of carbonyl (C=O) groups excluding carboxylic acids is 2. The number of carboxylic acids is 1. The second-order valence-electron chi connectivity index (χ2n) is 6.28. The van der Waals surface area contributed by atoms with Crippen LogP contribution < -0.4 is 11.1 Å². The summed E-state index contributed by atoms with van der Waals surface area (Å²) in [7, 11) is 0. The van der Waals surface area contributed by atoms with Gasteiger partial charge in [0.1, 0.15) is 5.69 Å². The fourth-order valence-corrected chi connectivity index (χ4v) is 3.24. The highest BCUT2D eigenvalue weighted by Gasteiger charge is 2.27. The predicted molar refractivity (Wildman–Crippen MR) is 87.6 cm³/mol. The third-order valence-corrected chi connectivity index (χ3v) is 4.51. The minimum absolute atomic E-state index is 0.0625. The molecule has 7 heteroatoms. The summed E-state index contributed by atoms with van der Waals surface area (Å²) in [5.41, 5.74) is 5.80. The molecule has 24 heavy (non-hydrogen) atoms. The molecule has 130 valence electrons. The second kappa shape index (κ2) is 7.90. The fraction of sp³-hybridized carbons (Fsp3) is 0.529. The number of rotatable bonds is 6. The Balaban J connectivity index is 2.12. The van der Waals surface area contributed by atoms with Crippen LogP contribution in [-0.4, -0.2) is 33.9 Å². The maximum absolute atomic E-state index is 12.4. The molecule has 1 aromatic rings. The predicted octanol–water partition coefficient (Wildman–Crippen LogP) is 1.64. The summed E-state index contributed by atoms with van der Waals surface area (Å²) < 4.78 is 0. The van der Waals surface area contributed by atoms with Crippen LogP contribution in [0.3, 0.4) is 0 Å². The molecule has 1 saturated carbocycles. The van der Waals surface area contributed by atoms with Gasteiger partial charge in [0.2, 0.25) is 5.91 Å². The first kappa shape index (κ1) is 17.9. The topological polar surface area (TPSA) is 122 Å². The molecule has 0 aromatic carbocycles. The Morgan fingerprint density at radius 1 is 1.29 bits per heavy atom. The molecular weight excluding hydrogens is 310 g/mol. The van der Waals surface area contributed by atoms with E-state index in [1.807, 2.05) is 0 Å². The van der Waals surface area contributed by atoms with Gasteiger partial charge in [0.25, 0.3) is 5.91 Å². The largest absolute Gasteiger partial charge is 0.478 e. The molecule has 0 spiro atoms. The van der Waals surface area contributed by atoms with Crippen molar-refractivity contribution in [3.05, 3.63) is 29.1 Å². The molecule has 0 radical (unpaired) electrons. The number of nitrogens with two attached hydrogens (primary N) is 1. The molecule has 7 nitrogen and oxygen atoms in total. The number of hydrogen-bond donors (Lipinski definition) is 3. The quantitative estimate of drug-likeness (QED) is 0.730. The monoisotopic (exact) mass is 333 g/mol. The van der Waals surface area contributed by atoms with Crippen LogP contribution in [0.15, 0.2) is 12.1 Å². The van der Waals surface area contributed by atoms with Crippen LogP contribution in [0.4, 0.5) is 0 Å². The zero-order valence-electron chi connectivity index (χ0n) is 13.7. The van der Waals surface area contributed by atoms with E-state index in [1.54, 1.807) is 6.92 Å². The van der Waals surface area contributed by atoms with Gasteiger partial charge in [-0.25, -0.2) is 9.78 Å². The van der Waals surface area contributed by atoms with Crippen molar-refractivity contribution in [3.63, 3.8) is 0 Å². The van der Waals surface area contributed by atoms with E-state index in [1.165, 1.54) is 18.6 Å². The normalized spacial score (nSPS) is 16.4. The van der Waals surface area contributed by atoms with Gasteiger partial charge in [-0.3, -0.25) is 9.59 Å². The van der Waals surface area contributed by atoms with E-state index in [-0.39, 0.29) is 35.3 Å². The van der Waals surface area contributed by atoms with Gasteiger partial charge < -0.3 is 16.2 Å². The van der Waals surface area contributed by atoms with Crippen LogP contribution in [-0.2, 0) is 4.79 Å². The Labute approximate surface area is 140 Å². The van der Waals surface area contributed by atoms with E-state index < -0.39 is 17.8 Å². The van der Waals surface area contributed by atoms with E-state index >= 15 is 0 Å². The summed E-state index contributed by atoms with van der Waals surface area (Å²) in [6, 6.07) is 2.44. The van der Waals surface area contributed by atoms with Crippen molar-refractivity contribution >= 4 is 17.8 Å². The lowest BCUT2D eigenvalue weighted by Crippen LogP contribution is -2.43. The molecule has 1 unspecified atom stereocenters. The highest BCUT2D eigenvalue weighted by Crippen LogP contribution is 2.28. The first-order valence-electron chi connectivity index (χ1n) is 8.18. The zero-order chi connectivity index (χ0) is 17.7. The number of nitrogens with zero attached hydrogens (tertiary/aromatic N) is 1. The molecule has 1 aliphatic carbocycles. The van der Waals surface area contributed by atoms with E-state index in [2.05, 4.69) is 10.3 Å². The van der Waals surface area contributed by atoms with Crippen molar-refractivity contribution in [2.24, 2.45) is 11.7 Å². The molecule has 0 bridgehead atoms. The molecule has 2 rings (SSSR count). The van der Waals surface area contributed by atoms with Crippen molar-refractivity contribution in [1.29, 1.82) is 0 Å². The molecule has 2 amide bonds. The van der Waals surface area contributed by atoms with Gasteiger partial charge in [-0.1, -0.05) is 19.3 Å². The smallest absolute Gasteiger partial charge is 0.337 e. The zero-order valence-corrected chi connectivity index (χ0v) is 13.7. The molecule has 1 fully saturated rings. The summed E-state index contributed by atoms with van der Waals surface area (Å²) in [6.07, 6.45) is 5.36. The molecular formula is C17H23N3O4. The molecule has 0 aliphatic heterocycles. The Morgan fingerprint density at radius 3 is 2.50 bits per heavy atom. The Morgan fingerprint density at radius 2 is 1.96 bits per heavy atom. The van der Waals surface area contributed by atoms with E-state index in [9.17, 15) is 14.4 Å². The van der Waals surface area contributed by atoms with Gasteiger partial charge in [-0.05, 0) is 37.8 Å². The molecule has 4 N–H and O–H groups in total. The number of carboxylic acid groups (broad SMARTS) is 1. The molecule has 0 saturated heterocycles. The number of aryl methyl sites for hydroxylation is 1. The van der Waals surface area contributed by atoms with Gasteiger partial charge in [0.05, 0.1) is 11.3 Å². The number of aromatic carboxylic acids is 1. The summed E-state index contributed by atoms with van der Waals surface area (Å²) in [6.45, 7) is 1.54. The van der Waals surface area contributed by atoms with Gasteiger partial charge in [0, 0.05) is 12.5 Å². The summed E-state index contributed by atoms with van der Waals surface area (Å²) in [4.78, 5) is 38.9. The first-order chi connectivity index (χ1) is 11.4. The number of amides is 2. The average Bonchev–Trinajstić information content (AvgIpc) is 2.54. The van der Waals surface area contributed by atoms with Gasteiger partial charge in [-0.2, -0.15) is 0 Å². The van der Waals surface area contributed by atoms with Crippen molar-refractivity contribution in [2.75, 3.05) is 0 Å². The number of primary amides is 1. The minimum Gasteiger partial charge on any atom is -0.478 e. The maximum Gasteiger partial charge on any atom is 0.337 e. The Hall–Kier alpha value is -2.44. The SMILES string of the molecule is Cc1nc(C(=O)NC(CC(N)=O)C2CCCCC2)ccc1C(=O)O. The highest BCUT2D eigenvalue weighted by molar-refractivity contribution is 5.94. The third kappa shape index (κ3) is 4.53. The third-order valence-electron chi connectivity index (χ3n) is 4.51. The first-order valence-corrected chi connectivity index (χ1v) is 8.18. The summed E-state index contributed by atoms with van der Waals surface area (Å²) in [5.74, 6) is -1.71. The van der Waals surface area contributed by atoms with Crippen molar-refractivity contribution in [2.45, 2.75) is 51.5 Å². The van der Waals surface area contributed by atoms with Gasteiger partial charge in [0.15, 0.2) is 0 Å². The van der Waals surface area contributed by atoms with Crippen LogP contribution in [0.5, 0.6) is 0 Å². The number of hydrogen-bond acceptors (Lipinski definition) is 4. The Kier molecular flexibility index (Phi) is 5.89. The summed E-state index contributed by atoms with van der Waals surface area (Å²) in [5, 5.41) is 11.9. The molecule has 1 aliphatic rings. The van der Waals surface area contributed by atoms with Crippen LogP contribution in [0.2, 0.25) is 0 Å². The van der Waals surface area contributed by atoms with E-state index in [4.69, 9.17) is 10.8 Å². The lowest BCUT2D eigenvalue weighted by atomic mass is 9.82. The van der Waals surface area contributed by atoms with Crippen LogP contribution >= 0.6 is 0 Å². The minimum atomic E-state index is -1.08. The van der Waals surface area contributed by atoms with Crippen molar-refractivity contribution < 1.29 is 19.5 Å². The van der Waals surface area contributed by atoms with Crippen molar-refractivity contribution in [3.8, 4) is 0 Å². The van der Waals surface area contributed by atoms with Gasteiger partial charge in [-0.15, -0.1) is 0 Å². The molecule has 1 aromatic heterocycles. The lowest BCUT2D eigenvalue weighted by Gasteiger charge is -2.30. The second-order valence-corrected chi connectivity index (χ2v) is 6.28. The number of nitrogens with one attached hydrogen (secondary N) is 1. The molecule has 1 heterocycles. The van der Waals surface area contributed by atoms with E-state index in [0.717, 1.165) is 25.7 Å². The lowest BCUT2D eigenvalue weighted by molar-refractivity contribution is -0.118. The standard InChI is InChI=1S/C17H23N3O4/c1-10-12(17(23)24)7-8-13(19-10)16(22)20-14(9-15(18)21)11-5-3-2-4-6-11/h7-8,11,14H,2-6,9H2,1H3,(H2,18,21)(H,20,22)(H,23,24).